The number of carbonyl (C=O) groups excluding carboxylic acids is 1. The molecule has 1 unspecified atom stereocenters. The SMILES string of the molecule is COc1c(F)ccc(C(F)n2c(C)c(OC(C)=O)c3cc(F)c(Cl)cc32)c1F. The zero-order valence-corrected chi connectivity index (χ0v) is 15.7. The third-order valence-electron chi connectivity index (χ3n) is 4.24. The van der Waals surface area contributed by atoms with Crippen LogP contribution in [0.25, 0.3) is 10.9 Å². The molecule has 0 saturated heterocycles. The molecule has 1 atom stereocenters. The second-order valence-electron chi connectivity index (χ2n) is 5.98. The van der Waals surface area contributed by atoms with Crippen molar-refractivity contribution in [3.63, 3.8) is 0 Å². The summed E-state index contributed by atoms with van der Waals surface area (Å²) in [6.07, 6.45) is -2.16. The maximum Gasteiger partial charge on any atom is 0.308 e. The van der Waals surface area contributed by atoms with Gasteiger partial charge in [-0.05, 0) is 31.2 Å². The van der Waals surface area contributed by atoms with Gasteiger partial charge in [-0.2, -0.15) is 0 Å². The summed E-state index contributed by atoms with van der Waals surface area (Å²) in [7, 11) is 1.05. The van der Waals surface area contributed by atoms with Gasteiger partial charge in [0.1, 0.15) is 5.82 Å². The van der Waals surface area contributed by atoms with Crippen molar-refractivity contribution >= 4 is 28.5 Å². The number of halogens is 5. The minimum Gasteiger partial charge on any atom is -0.491 e. The van der Waals surface area contributed by atoms with Gasteiger partial charge in [-0.25, -0.2) is 17.6 Å². The van der Waals surface area contributed by atoms with Gasteiger partial charge in [0.25, 0.3) is 0 Å². The highest BCUT2D eigenvalue weighted by atomic mass is 35.5. The lowest BCUT2D eigenvalue weighted by Gasteiger charge is -2.17. The van der Waals surface area contributed by atoms with Crippen molar-refractivity contribution < 1.29 is 31.8 Å². The van der Waals surface area contributed by atoms with Gasteiger partial charge in [0.15, 0.2) is 23.1 Å². The highest BCUT2D eigenvalue weighted by Crippen LogP contribution is 2.41. The Morgan fingerprint density at radius 2 is 1.82 bits per heavy atom. The van der Waals surface area contributed by atoms with Crippen LogP contribution in [0.5, 0.6) is 11.5 Å². The van der Waals surface area contributed by atoms with E-state index in [9.17, 15) is 18.0 Å². The molecule has 2 aromatic carbocycles. The second kappa shape index (κ2) is 7.35. The summed E-state index contributed by atoms with van der Waals surface area (Å²) in [6.45, 7) is 2.54. The summed E-state index contributed by atoms with van der Waals surface area (Å²) >= 11 is 5.82. The van der Waals surface area contributed by atoms with Crippen LogP contribution in [0.1, 0.15) is 24.5 Å². The Morgan fingerprint density at radius 3 is 2.43 bits per heavy atom. The summed E-state index contributed by atoms with van der Waals surface area (Å²) in [6, 6.07) is 3.93. The Hall–Kier alpha value is -2.74. The molecule has 0 aliphatic carbocycles. The van der Waals surface area contributed by atoms with E-state index in [-0.39, 0.29) is 27.4 Å². The first kappa shape index (κ1) is 20.0. The summed E-state index contributed by atoms with van der Waals surface area (Å²) in [5, 5.41) is -0.225. The smallest absolute Gasteiger partial charge is 0.308 e. The normalized spacial score (nSPS) is 12.3. The molecule has 0 aliphatic heterocycles. The molecule has 148 valence electrons. The first-order chi connectivity index (χ1) is 13.2. The summed E-state index contributed by atoms with van der Waals surface area (Å²) in [5.41, 5.74) is -0.370. The van der Waals surface area contributed by atoms with Crippen molar-refractivity contribution in [2.75, 3.05) is 7.11 Å². The molecule has 3 aromatic rings. The summed E-state index contributed by atoms with van der Waals surface area (Å²) in [5.74, 6) is -4.55. The van der Waals surface area contributed by atoms with E-state index in [1.165, 1.54) is 6.92 Å². The van der Waals surface area contributed by atoms with Crippen molar-refractivity contribution in [2.24, 2.45) is 0 Å². The fourth-order valence-corrected chi connectivity index (χ4v) is 3.18. The molecule has 0 aliphatic rings. The van der Waals surface area contributed by atoms with Crippen molar-refractivity contribution in [1.82, 2.24) is 4.57 Å². The van der Waals surface area contributed by atoms with Crippen LogP contribution in [0.4, 0.5) is 17.6 Å². The van der Waals surface area contributed by atoms with Gasteiger partial charge in [0.05, 0.1) is 23.3 Å². The molecule has 0 bridgehead atoms. The number of aromatic nitrogens is 1. The van der Waals surface area contributed by atoms with Gasteiger partial charge in [-0.15, -0.1) is 0 Å². The average molecular weight is 416 g/mol. The number of nitrogens with zero attached hydrogens (tertiary/aromatic N) is 1. The van der Waals surface area contributed by atoms with Gasteiger partial charge < -0.3 is 14.0 Å². The largest absolute Gasteiger partial charge is 0.491 e. The predicted octanol–water partition coefficient (Wildman–Crippen LogP) is 5.47. The third-order valence-corrected chi connectivity index (χ3v) is 4.53. The van der Waals surface area contributed by atoms with Crippen LogP contribution >= 0.6 is 11.6 Å². The van der Waals surface area contributed by atoms with Crippen molar-refractivity contribution in [3.8, 4) is 11.5 Å². The van der Waals surface area contributed by atoms with E-state index in [4.69, 9.17) is 16.3 Å². The molecule has 4 nitrogen and oxygen atoms in total. The van der Waals surface area contributed by atoms with Gasteiger partial charge in [-0.1, -0.05) is 11.6 Å². The number of hydrogen-bond acceptors (Lipinski definition) is 3. The number of alkyl halides is 1. The third kappa shape index (κ3) is 3.17. The number of rotatable bonds is 4. The van der Waals surface area contributed by atoms with Gasteiger partial charge >= 0.3 is 5.97 Å². The van der Waals surface area contributed by atoms with E-state index in [0.29, 0.717) is 0 Å². The Labute approximate surface area is 162 Å². The highest BCUT2D eigenvalue weighted by Gasteiger charge is 2.28. The van der Waals surface area contributed by atoms with Gasteiger partial charge in [0, 0.05) is 17.9 Å². The maximum atomic E-state index is 15.4. The van der Waals surface area contributed by atoms with Gasteiger partial charge in [0.2, 0.25) is 6.30 Å². The Morgan fingerprint density at radius 1 is 1.14 bits per heavy atom. The van der Waals surface area contributed by atoms with E-state index in [2.05, 4.69) is 4.74 Å². The zero-order valence-electron chi connectivity index (χ0n) is 14.9. The van der Waals surface area contributed by atoms with Crippen LogP contribution in [0, 0.1) is 24.4 Å². The predicted molar refractivity (Wildman–Crippen MR) is 95.1 cm³/mol. The summed E-state index contributed by atoms with van der Waals surface area (Å²) < 4.78 is 68.3. The lowest BCUT2D eigenvalue weighted by molar-refractivity contribution is -0.131. The standard InChI is InChI=1S/C19H14ClF4NO3/c1-8-17(28-9(2)26)11-6-14(22)12(20)7-15(11)25(8)19(24)10-4-5-13(21)18(27-3)16(10)23/h4-7,19H,1-3H3. The van der Waals surface area contributed by atoms with E-state index in [0.717, 1.165) is 42.9 Å². The van der Waals surface area contributed by atoms with Crippen molar-refractivity contribution in [2.45, 2.75) is 20.1 Å². The van der Waals surface area contributed by atoms with E-state index in [1.54, 1.807) is 0 Å². The number of methoxy groups -OCH3 is 1. The molecule has 9 heteroatoms. The Bertz CT molecular complexity index is 1100. The van der Waals surface area contributed by atoms with Crippen LogP contribution in [-0.4, -0.2) is 17.6 Å². The molecule has 0 spiro atoms. The van der Waals surface area contributed by atoms with Crippen molar-refractivity contribution in [3.05, 3.63) is 58.0 Å². The van der Waals surface area contributed by atoms with Crippen LogP contribution in [0.2, 0.25) is 5.02 Å². The lowest BCUT2D eigenvalue weighted by atomic mass is 10.1. The van der Waals surface area contributed by atoms with E-state index < -0.39 is 41.0 Å². The van der Waals surface area contributed by atoms with Crippen LogP contribution in [0.3, 0.4) is 0 Å². The summed E-state index contributed by atoms with van der Waals surface area (Å²) in [4.78, 5) is 11.4. The monoisotopic (exact) mass is 415 g/mol. The Balaban J connectivity index is 2.30. The number of ether oxygens (including phenoxy) is 2. The number of hydrogen-bond donors (Lipinski definition) is 0. The van der Waals surface area contributed by atoms with E-state index in [1.807, 2.05) is 0 Å². The molecule has 1 aromatic heterocycles. The number of carbonyl (C=O) groups is 1. The molecular formula is C19H14ClF4NO3. The van der Waals surface area contributed by atoms with Crippen LogP contribution in [0.15, 0.2) is 24.3 Å². The number of benzene rings is 2. The average Bonchev–Trinajstić information content (AvgIpc) is 2.86. The molecule has 28 heavy (non-hydrogen) atoms. The van der Waals surface area contributed by atoms with Crippen LogP contribution in [-0.2, 0) is 4.79 Å². The minimum absolute atomic E-state index is 0.0651. The lowest BCUT2D eigenvalue weighted by Crippen LogP contribution is -2.11. The molecule has 3 rings (SSSR count). The van der Waals surface area contributed by atoms with Gasteiger partial charge in [-0.3, -0.25) is 4.79 Å². The molecular weight excluding hydrogens is 402 g/mol. The topological polar surface area (TPSA) is 40.5 Å². The van der Waals surface area contributed by atoms with Crippen LogP contribution < -0.4 is 9.47 Å². The maximum absolute atomic E-state index is 15.4. The first-order valence-electron chi connectivity index (χ1n) is 8.01. The van der Waals surface area contributed by atoms with E-state index >= 15 is 4.39 Å². The first-order valence-corrected chi connectivity index (χ1v) is 8.39. The molecule has 0 fully saturated rings. The Kier molecular flexibility index (Phi) is 5.25. The molecule has 0 radical (unpaired) electrons. The minimum atomic E-state index is -2.16. The molecule has 0 saturated carbocycles. The number of esters is 1. The fraction of sp³-hybridized carbons (Fsp3) is 0.211. The molecule has 0 amide bonds. The number of fused-ring (bicyclic) bond motifs is 1. The second-order valence-corrected chi connectivity index (χ2v) is 6.39. The van der Waals surface area contributed by atoms with Crippen molar-refractivity contribution in [1.29, 1.82) is 0 Å². The quantitative estimate of drug-likeness (QED) is 0.419. The fourth-order valence-electron chi connectivity index (χ4n) is 3.03. The molecule has 0 N–H and O–H groups in total. The molecule has 1 heterocycles. The zero-order chi connectivity index (χ0) is 20.7. The highest BCUT2D eigenvalue weighted by molar-refractivity contribution is 6.31.